The minimum atomic E-state index is -3.91. The molecule has 9 nitrogen and oxygen atoms in total. The molecule has 0 aliphatic heterocycles. The Bertz CT molecular complexity index is 1080. The molecule has 0 bridgehead atoms. The summed E-state index contributed by atoms with van der Waals surface area (Å²) in [6.45, 7) is 1.39. The Morgan fingerprint density at radius 2 is 1.82 bits per heavy atom. The van der Waals surface area contributed by atoms with Crippen molar-refractivity contribution in [3.8, 4) is 5.75 Å². The third kappa shape index (κ3) is 4.46. The highest BCUT2D eigenvalue weighted by atomic mass is 32.2. The van der Waals surface area contributed by atoms with Crippen molar-refractivity contribution < 1.29 is 27.1 Å². The summed E-state index contributed by atoms with van der Waals surface area (Å²) in [4.78, 5) is 12.4. The molecule has 3 rings (SSSR count). The molecular weight excluding hydrogens is 386 g/mol. The van der Waals surface area contributed by atoms with Crippen LogP contribution in [0.15, 0.2) is 57.8 Å². The van der Waals surface area contributed by atoms with E-state index in [2.05, 4.69) is 14.9 Å². The lowest BCUT2D eigenvalue weighted by molar-refractivity contribution is 0.0438. The fraction of sp³-hybridized carbons (Fsp3) is 0.167. The maximum atomic E-state index is 12.6. The summed E-state index contributed by atoms with van der Waals surface area (Å²) in [5, 5.41) is 7.37. The fourth-order valence-electron chi connectivity index (χ4n) is 2.31. The first kappa shape index (κ1) is 19.4. The monoisotopic (exact) mass is 403 g/mol. The molecule has 146 valence electrons. The van der Waals surface area contributed by atoms with Crippen molar-refractivity contribution >= 4 is 21.7 Å². The number of aryl methyl sites for hydroxylation is 1. The van der Waals surface area contributed by atoms with Gasteiger partial charge in [-0.3, -0.25) is 4.72 Å². The summed E-state index contributed by atoms with van der Waals surface area (Å²) in [6.07, 6.45) is 0. The number of methoxy groups -OCH3 is 1. The van der Waals surface area contributed by atoms with Crippen LogP contribution in [0.2, 0.25) is 0 Å². The Balaban J connectivity index is 1.78. The molecule has 0 unspecified atom stereocenters. The van der Waals surface area contributed by atoms with Gasteiger partial charge in [0.15, 0.2) is 6.61 Å². The van der Waals surface area contributed by atoms with Gasteiger partial charge in [0.1, 0.15) is 5.75 Å². The zero-order valence-corrected chi connectivity index (χ0v) is 15.9. The zero-order chi connectivity index (χ0) is 20.1. The van der Waals surface area contributed by atoms with Gasteiger partial charge in [0, 0.05) is 6.92 Å². The zero-order valence-electron chi connectivity index (χ0n) is 15.1. The number of esters is 1. The van der Waals surface area contributed by atoms with E-state index in [9.17, 15) is 13.2 Å². The van der Waals surface area contributed by atoms with Crippen LogP contribution < -0.4 is 9.46 Å². The van der Waals surface area contributed by atoms with Gasteiger partial charge in [-0.05, 0) is 36.4 Å². The first-order valence-electron chi connectivity index (χ1n) is 8.11. The second kappa shape index (κ2) is 8.09. The lowest BCUT2D eigenvalue weighted by Crippen LogP contribution is -2.16. The van der Waals surface area contributed by atoms with Gasteiger partial charge in [-0.15, -0.1) is 10.2 Å². The smallest absolute Gasteiger partial charge is 0.340 e. The molecule has 1 N–H and O–H groups in total. The maximum Gasteiger partial charge on any atom is 0.340 e. The SMILES string of the molecule is COc1ccc(S(=O)(=O)Nc2ccccc2C(=O)OCc2nnc(C)o2)cc1. The van der Waals surface area contributed by atoms with Crippen molar-refractivity contribution in [2.24, 2.45) is 0 Å². The van der Waals surface area contributed by atoms with E-state index in [4.69, 9.17) is 13.9 Å². The standard InChI is InChI=1S/C18H17N3O6S/c1-12-19-20-17(27-12)11-26-18(22)15-5-3-4-6-16(15)21-28(23,24)14-9-7-13(25-2)8-10-14/h3-10,21H,11H2,1-2H3. The quantitative estimate of drug-likeness (QED) is 0.598. The van der Waals surface area contributed by atoms with Crippen molar-refractivity contribution in [1.29, 1.82) is 0 Å². The number of ether oxygens (including phenoxy) is 2. The minimum absolute atomic E-state index is 0.0257. The third-order valence-corrected chi connectivity index (χ3v) is 5.04. The van der Waals surface area contributed by atoms with E-state index in [1.807, 2.05) is 0 Å². The predicted molar refractivity (Wildman–Crippen MR) is 98.4 cm³/mol. The van der Waals surface area contributed by atoms with Crippen molar-refractivity contribution in [2.75, 3.05) is 11.8 Å². The van der Waals surface area contributed by atoms with Gasteiger partial charge in [-0.2, -0.15) is 0 Å². The van der Waals surface area contributed by atoms with Gasteiger partial charge in [-0.25, -0.2) is 13.2 Å². The van der Waals surface area contributed by atoms with E-state index in [-0.39, 0.29) is 28.6 Å². The van der Waals surface area contributed by atoms with Crippen LogP contribution in [0.4, 0.5) is 5.69 Å². The molecule has 0 atom stereocenters. The summed E-state index contributed by atoms with van der Waals surface area (Å²) in [6, 6.07) is 12.0. The average Bonchev–Trinajstić information content (AvgIpc) is 3.11. The number of hydrogen-bond acceptors (Lipinski definition) is 8. The Kier molecular flexibility index (Phi) is 5.59. The second-order valence-corrected chi connectivity index (χ2v) is 7.30. The Morgan fingerprint density at radius 3 is 2.46 bits per heavy atom. The van der Waals surface area contributed by atoms with E-state index in [0.717, 1.165) is 0 Å². The largest absolute Gasteiger partial charge is 0.497 e. The number of anilines is 1. The summed E-state index contributed by atoms with van der Waals surface area (Å²) in [7, 11) is -2.43. The van der Waals surface area contributed by atoms with Gasteiger partial charge >= 0.3 is 5.97 Å². The van der Waals surface area contributed by atoms with Gasteiger partial charge in [-0.1, -0.05) is 12.1 Å². The molecule has 0 saturated heterocycles. The highest BCUT2D eigenvalue weighted by Crippen LogP contribution is 2.22. The Morgan fingerprint density at radius 1 is 1.11 bits per heavy atom. The topological polar surface area (TPSA) is 121 Å². The maximum absolute atomic E-state index is 12.6. The summed E-state index contributed by atoms with van der Waals surface area (Å²) in [5.74, 6) is 0.281. The normalized spacial score (nSPS) is 11.1. The van der Waals surface area contributed by atoms with Crippen molar-refractivity contribution in [3.63, 3.8) is 0 Å². The van der Waals surface area contributed by atoms with Crippen molar-refractivity contribution in [3.05, 3.63) is 65.9 Å². The number of hydrogen-bond donors (Lipinski definition) is 1. The molecule has 0 fully saturated rings. The van der Waals surface area contributed by atoms with Gasteiger partial charge in [0.25, 0.3) is 15.9 Å². The lowest BCUT2D eigenvalue weighted by Gasteiger charge is -2.12. The van der Waals surface area contributed by atoms with Crippen LogP contribution in [0.5, 0.6) is 5.75 Å². The molecule has 0 aliphatic rings. The number of rotatable bonds is 7. The molecule has 1 heterocycles. The molecule has 0 spiro atoms. The molecular formula is C18H17N3O6S. The second-order valence-electron chi connectivity index (χ2n) is 5.62. The highest BCUT2D eigenvalue weighted by molar-refractivity contribution is 7.92. The van der Waals surface area contributed by atoms with E-state index >= 15 is 0 Å². The third-order valence-electron chi connectivity index (χ3n) is 3.66. The van der Waals surface area contributed by atoms with Crippen LogP contribution in [0.3, 0.4) is 0 Å². The van der Waals surface area contributed by atoms with Crippen LogP contribution in [-0.2, 0) is 21.4 Å². The van der Waals surface area contributed by atoms with Crippen molar-refractivity contribution in [1.82, 2.24) is 10.2 Å². The lowest BCUT2D eigenvalue weighted by atomic mass is 10.2. The first-order chi connectivity index (χ1) is 13.4. The van der Waals surface area contributed by atoms with Crippen LogP contribution in [-0.4, -0.2) is 31.7 Å². The van der Waals surface area contributed by atoms with Crippen LogP contribution in [0.1, 0.15) is 22.1 Å². The molecule has 1 aromatic heterocycles. The molecule has 0 radical (unpaired) electrons. The molecule has 2 aromatic carbocycles. The summed E-state index contributed by atoms with van der Waals surface area (Å²) >= 11 is 0. The number of benzene rings is 2. The average molecular weight is 403 g/mol. The Hall–Kier alpha value is -3.40. The van der Waals surface area contributed by atoms with Crippen LogP contribution in [0.25, 0.3) is 0 Å². The number of nitrogens with one attached hydrogen (secondary N) is 1. The molecule has 0 aliphatic carbocycles. The predicted octanol–water partition coefficient (Wildman–Crippen LogP) is 2.54. The fourth-order valence-corrected chi connectivity index (χ4v) is 3.39. The Labute approximate surface area is 161 Å². The first-order valence-corrected chi connectivity index (χ1v) is 9.59. The number of sulfonamides is 1. The summed E-state index contributed by atoms with van der Waals surface area (Å²) < 4.78 is 42.9. The van der Waals surface area contributed by atoms with Crippen molar-refractivity contribution in [2.45, 2.75) is 18.4 Å². The van der Waals surface area contributed by atoms with E-state index in [1.165, 1.54) is 43.5 Å². The molecule has 3 aromatic rings. The molecule has 0 amide bonds. The van der Waals surface area contributed by atoms with Gasteiger partial charge in [0.05, 0.1) is 23.3 Å². The van der Waals surface area contributed by atoms with Crippen LogP contribution >= 0.6 is 0 Å². The van der Waals surface area contributed by atoms with E-state index < -0.39 is 16.0 Å². The highest BCUT2D eigenvalue weighted by Gasteiger charge is 2.20. The van der Waals surface area contributed by atoms with E-state index in [0.29, 0.717) is 11.6 Å². The molecule has 0 saturated carbocycles. The van der Waals surface area contributed by atoms with Gasteiger partial charge in [0.2, 0.25) is 5.89 Å². The van der Waals surface area contributed by atoms with E-state index in [1.54, 1.807) is 19.1 Å². The number of aromatic nitrogens is 2. The minimum Gasteiger partial charge on any atom is -0.497 e. The number of para-hydroxylation sites is 1. The molecule has 10 heteroatoms. The number of carbonyl (C=O) groups excluding carboxylic acids is 1. The van der Waals surface area contributed by atoms with Gasteiger partial charge < -0.3 is 13.9 Å². The summed E-state index contributed by atoms with van der Waals surface area (Å²) in [5.41, 5.74) is 0.140. The molecule has 28 heavy (non-hydrogen) atoms. The number of carbonyl (C=O) groups is 1. The number of nitrogens with zero attached hydrogens (tertiary/aromatic N) is 2. The van der Waals surface area contributed by atoms with Crippen LogP contribution in [0, 0.1) is 6.92 Å².